The van der Waals surface area contributed by atoms with Gasteiger partial charge in [0.1, 0.15) is 48.5 Å². The second kappa shape index (κ2) is 25.2. The van der Waals surface area contributed by atoms with Gasteiger partial charge in [-0.05, 0) is 31.9 Å². The summed E-state index contributed by atoms with van der Waals surface area (Å²) in [7, 11) is 0. The minimum absolute atomic E-state index is 0.936. The summed E-state index contributed by atoms with van der Waals surface area (Å²) in [4.78, 5) is 0. The van der Waals surface area contributed by atoms with E-state index in [0.29, 0.717) is 0 Å². The molecule has 1 N–H and O–H groups in total. The van der Waals surface area contributed by atoms with Crippen LogP contribution in [0.15, 0.2) is 0 Å². The average molecular weight is 3250 g/mol. The molecule has 0 fully saturated rings. The highest BCUT2D eigenvalue weighted by Gasteiger charge is 2.84. The zero-order chi connectivity index (χ0) is 49.3. The number of hydrogen-bond acceptors (Lipinski definition) is 2. The van der Waals surface area contributed by atoms with E-state index >= 15 is 0 Å². The van der Waals surface area contributed by atoms with E-state index in [9.17, 15) is 8.76 Å². The van der Waals surface area contributed by atoms with Gasteiger partial charge in [0, 0.05) is 0 Å². The van der Waals surface area contributed by atoms with Crippen LogP contribution in [0.4, 0.5) is 0 Å². The van der Waals surface area contributed by atoms with Crippen molar-refractivity contribution < 1.29 is 12.9 Å². The van der Waals surface area contributed by atoms with Gasteiger partial charge >= 0.3 is 11.4 Å². The highest BCUT2D eigenvalue weighted by atomic mass is 80.0. The standard InChI is InChI=1S/C18HBr37O3S/c19-1(20,3(23,24)5(27,28)7(31,32)9(35,36)11(39,40)13(43,44)15(47,48)17(51,52)53)2(21,22)4(25,26)6(29,30)8(33,34)10(37,38)12(41,42)14(45,46)16(49,50)18(54,55)58-59(56)57/h(H,56,57). The van der Waals surface area contributed by atoms with Crippen LogP contribution in [0.5, 0.6) is 0 Å². The molecule has 1 unspecified atom stereocenters. The maximum absolute atomic E-state index is 11.8. The van der Waals surface area contributed by atoms with Crippen molar-refractivity contribution in [3.63, 3.8) is 0 Å². The second-order valence-electron chi connectivity index (χ2n) is 10.5. The van der Waals surface area contributed by atoms with Crippen LogP contribution < -0.4 is 0 Å². The van der Waals surface area contributed by atoms with Crippen molar-refractivity contribution >= 4 is 601 Å². The molecule has 0 heterocycles. The SMILES string of the molecule is O=S(O)OC(Br)(Br)C(Br)(Br)C(Br)(Br)C(Br)(Br)C(Br)(Br)C(Br)(Br)C(Br)(Br)C(Br)(Br)C(Br)(Br)C(Br)(Br)C(Br)(Br)C(Br)(Br)C(Br)(Br)C(Br)(Br)C(Br)(Br)C(Br)(Br)C(Br)(Br)C(Br)(Br)Br. The Morgan fingerprint density at radius 1 is 0.237 bits per heavy atom. The van der Waals surface area contributed by atoms with E-state index in [0.717, 1.165) is 0 Å². The Morgan fingerprint density at radius 2 is 0.356 bits per heavy atom. The molecule has 0 aromatic carbocycles. The third kappa shape index (κ3) is 13.4. The van der Waals surface area contributed by atoms with Gasteiger partial charge < -0.3 is 0 Å². The molecular formula is C18HBr37O3S. The van der Waals surface area contributed by atoms with Gasteiger partial charge in [0.15, 0.2) is 5.38 Å². The molecule has 0 saturated heterocycles. The topological polar surface area (TPSA) is 46.5 Å². The summed E-state index contributed by atoms with van der Waals surface area (Å²) in [5.41, 5.74) is 0. The molecule has 0 aliphatic rings. The van der Waals surface area contributed by atoms with Gasteiger partial charge in [-0.1, -0.05) is 558 Å². The van der Waals surface area contributed by atoms with Gasteiger partial charge in [-0.15, -0.1) is 0 Å². The summed E-state index contributed by atoms with van der Waals surface area (Å²) in [6, 6.07) is 0. The third-order valence-corrected chi connectivity index (χ3v) is 86.2. The number of rotatable bonds is 18. The Morgan fingerprint density at radius 3 is 0.475 bits per heavy atom. The van der Waals surface area contributed by atoms with Gasteiger partial charge in [0.2, 0.25) is 3.42 Å². The van der Waals surface area contributed by atoms with Crippen molar-refractivity contribution in [1.82, 2.24) is 0 Å². The maximum Gasteiger partial charge on any atom is 0.304 e. The van der Waals surface area contributed by atoms with Crippen LogP contribution in [-0.2, 0) is 15.5 Å². The lowest BCUT2D eigenvalue weighted by molar-refractivity contribution is 0.251. The fourth-order valence-electron chi connectivity index (χ4n) is 3.26. The van der Waals surface area contributed by atoms with E-state index in [1.54, 1.807) is 0 Å². The summed E-state index contributed by atoms with van der Waals surface area (Å²) in [5, 5.41) is 0. The van der Waals surface area contributed by atoms with Gasteiger partial charge in [0.05, 0.1) is 0 Å². The molecule has 3 nitrogen and oxygen atoms in total. The van der Waals surface area contributed by atoms with Crippen LogP contribution in [0, 0.1) is 0 Å². The van der Waals surface area contributed by atoms with Crippen molar-refractivity contribution in [3.05, 3.63) is 0 Å². The minimum atomic E-state index is -2.72. The van der Waals surface area contributed by atoms with E-state index < -0.39 is 68.7 Å². The fourth-order valence-corrected chi connectivity index (χ4v) is 41.5. The average Bonchev–Trinajstić information content (AvgIpc) is 2.98. The molecule has 0 radical (unpaired) electrons. The predicted octanol–water partition coefficient (Wildman–Crippen LogP) is 27.2. The smallest absolute Gasteiger partial charge is 0.284 e. The van der Waals surface area contributed by atoms with Crippen LogP contribution >= 0.6 is 589 Å². The molecule has 0 aliphatic carbocycles. The van der Waals surface area contributed by atoms with Crippen molar-refractivity contribution in [1.29, 1.82) is 0 Å². The molecule has 41 heteroatoms. The first-order chi connectivity index (χ1) is 24.7. The van der Waals surface area contributed by atoms with Crippen LogP contribution in [0.2, 0.25) is 0 Å². The number of hydrogen-bond donors (Lipinski definition) is 1. The van der Waals surface area contributed by atoms with Crippen LogP contribution in [0.1, 0.15) is 0 Å². The van der Waals surface area contributed by atoms with Gasteiger partial charge in [0.25, 0.3) is 0 Å². The third-order valence-electron chi connectivity index (χ3n) is 6.81. The number of alkyl halides is 37. The summed E-state index contributed by atoms with van der Waals surface area (Å²) < 4.78 is 2.06. The molecule has 0 amide bonds. The minimum Gasteiger partial charge on any atom is -0.284 e. The second-order valence-corrected chi connectivity index (χ2v) is 76.3. The molecule has 0 saturated carbocycles. The molecule has 356 valence electrons. The summed E-state index contributed by atoms with van der Waals surface area (Å²) >= 11 is 140. The summed E-state index contributed by atoms with van der Waals surface area (Å²) in [6.07, 6.45) is 0. The molecular weight excluding hydrogens is 3250 g/mol. The normalized spacial score (nSPS) is 17.7. The molecule has 0 bridgehead atoms. The Balaban J connectivity index is 7.88. The quantitative estimate of drug-likeness (QED) is 0.110. The van der Waals surface area contributed by atoms with Crippen molar-refractivity contribution in [2.45, 2.75) is 57.3 Å². The number of halogens is 37. The van der Waals surface area contributed by atoms with E-state index in [1.165, 1.54) is 0 Å². The Hall–Kier alpha value is 17.8. The molecule has 0 aliphatic heterocycles. The van der Waals surface area contributed by atoms with Gasteiger partial charge in [-0.25, -0.2) is 4.18 Å². The Labute approximate surface area is 654 Å². The Kier molecular flexibility index (Phi) is 32.8. The van der Waals surface area contributed by atoms with Crippen molar-refractivity contribution in [3.8, 4) is 0 Å². The highest BCUT2D eigenvalue weighted by Crippen LogP contribution is 2.84. The fraction of sp³-hybridized carbons (Fsp3) is 1.00. The predicted molar refractivity (Wildman–Crippen MR) is 391 cm³/mol. The molecule has 0 rings (SSSR count). The molecule has 0 aromatic rings. The molecule has 59 heavy (non-hydrogen) atoms. The van der Waals surface area contributed by atoms with Crippen molar-refractivity contribution in [2.75, 3.05) is 0 Å². The van der Waals surface area contributed by atoms with Crippen LogP contribution in [-0.4, -0.2) is 66.1 Å². The van der Waals surface area contributed by atoms with Crippen LogP contribution in [0.3, 0.4) is 0 Å². The Bertz CT molecular complexity index is 1570. The lowest BCUT2D eigenvalue weighted by atomic mass is 10.0. The van der Waals surface area contributed by atoms with E-state index in [1.807, 2.05) is 0 Å². The van der Waals surface area contributed by atoms with E-state index in [2.05, 4.69) is 589 Å². The molecule has 0 spiro atoms. The van der Waals surface area contributed by atoms with E-state index in [4.69, 9.17) is 4.18 Å². The summed E-state index contributed by atoms with van der Waals surface area (Å²) in [5.74, 6) is 0. The zero-order valence-electron chi connectivity index (χ0n) is 24.7. The van der Waals surface area contributed by atoms with Crippen molar-refractivity contribution in [2.24, 2.45) is 0 Å². The van der Waals surface area contributed by atoms with Gasteiger partial charge in [-0.2, -0.15) is 4.21 Å². The first kappa shape index (κ1) is 76.8. The summed E-state index contributed by atoms with van der Waals surface area (Å²) in [6.45, 7) is 0. The highest BCUT2D eigenvalue weighted by molar-refractivity contribution is 9.43. The lowest BCUT2D eigenvalue weighted by Gasteiger charge is -2.62. The monoisotopic (exact) mass is 3220 g/mol. The molecule has 1 atom stereocenters. The van der Waals surface area contributed by atoms with E-state index in [-0.39, 0.29) is 0 Å². The maximum atomic E-state index is 11.8. The van der Waals surface area contributed by atoms with Gasteiger partial charge in [-0.3, -0.25) is 4.55 Å². The molecule has 0 aromatic heterocycles. The first-order valence-corrected chi connectivity index (χ1v) is 42.3. The van der Waals surface area contributed by atoms with Crippen LogP contribution in [0.25, 0.3) is 0 Å². The largest absolute Gasteiger partial charge is 0.304 e. The first-order valence-electron chi connectivity index (χ1n) is 12.0. The lowest BCUT2D eigenvalue weighted by Crippen LogP contribution is -2.74. The zero-order valence-corrected chi connectivity index (χ0v) is 84.2.